The van der Waals surface area contributed by atoms with Crippen LogP contribution in [0.4, 0.5) is 4.79 Å². The zero-order chi connectivity index (χ0) is 49.6. The van der Waals surface area contributed by atoms with Gasteiger partial charge in [-0.05, 0) is 52.5 Å². The maximum absolute atomic E-state index is 14.1. The molecule has 374 valence electrons. The van der Waals surface area contributed by atoms with Gasteiger partial charge in [-0.2, -0.15) is 0 Å². The van der Waals surface area contributed by atoms with E-state index >= 15 is 0 Å². The first-order valence-electron chi connectivity index (χ1n) is 23.3. The number of cyclic esters (lactones) is 1. The fourth-order valence-corrected chi connectivity index (χ4v) is 9.62. The van der Waals surface area contributed by atoms with E-state index in [1.165, 1.54) is 28.1 Å². The molecular weight excluding hydrogens is 855 g/mol. The Bertz CT molecular complexity index is 1760. The number of allylic oxidation sites excluding steroid dienone is 6. The number of hydrogen-bond donors (Lipinski definition) is 3. The molecule has 2 saturated heterocycles. The van der Waals surface area contributed by atoms with Gasteiger partial charge >= 0.3 is 24.0 Å². The van der Waals surface area contributed by atoms with Crippen molar-refractivity contribution in [2.24, 2.45) is 41.2 Å². The van der Waals surface area contributed by atoms with Crippen molar-refractivity contribution >= 4 is 24.0 Å². The highest BCUT2D eigenvalue weighted by molar-refractivity contribution is 5.87. The van der Waals surface area contributed by atoms with Crippen LogP contribution in [0.3, 0.4) is 0 Å². The number of hydrogen-bond acceptors (Lipinski definition) is 15. The van der Waals surface area contributed by atoms with Crippen molar-refractivity contribution in [3.8, 4) is 0 Å². The Balaban J connectivity index is 2.01. The van der Waals surface area contributed by atoms with Gasteiger partial charge in [0.15, 0.2) is 12.4 Å². The van der Waals surface area contributed by atoms with Gasteiger partial charge in [-0.25, -0.2) is 9.59 Å². The van der Waals surface area contributed by atoms with Crippen molar-refractivity contribution in [3.05, 3.63) is 59.4 Å². The summed E-state index contributed by atoms with van der Waals surface area (Å²) in [5, 5.41) is 23.9. The molecule has 3 rings (SSSR count). The number of aliphatic hydroxyl groups is 2. The number of methoxy groups -OCH3 is 2. The van der Waals surface area contributed by atoms with Crippen molar-refractivity contribution < 1.29 is 72.0 Å². The molecule has 0 bridgehead atoms. The Morgan fingerprint density at radius 2 is 1.62 bits per heavy atom. The van der Waals surface area contributed by atoms with Crippen LogP contribution in [-0.2, 0) is 57.0 Å². The normalized spacial score (nSPS) is 38.5. The number of esters is 3. The van der Waals surface area contributed by atoms with Crippen LogP contribution in [0, 0.1) is 35.5 Å². The molecule has 3 heterocycles. The van der Waals surface area contributed by atoms with Crippen LogP contribution >= 0.6 is 0 Å². The number of amides is 1. The number of primary amides is 1. The van der Waals surface area contributed by atoms with Crippen LogP contribution in [-0.4, -0.2) is 122 Å². The highest BCUT2D eigenvalue weighted by Gasteiger charge is 2.47. The predicted octanol–water partition coefficient (Wildman–Crippen LogP) is 6.81. The molecule has 0 aliphatic carbocycles. The smallest absolute Gasteiger partial charge is 0.404 e. The van der Waals surface area contributed by atoms with Crippen molar-refractivity contribution in [3.63, 3.8) is 0 Å². The average Bonchev–Trinajstić information content (AvgIpc) is 3.24. The molecule has 16 heteroatoms. The molecule has 16 nitrogen and oxygen atoms in total. The second-order valence-electron chi connectivity index (χ2n) is 18.5. The van der Waals surface area contributed by atoms with E-state index in [2.05, 4.69) is 0 Å². The average molecular weight is 934 g/mol. The summed E-state index contributed by atoms with van der Waals surface area (Å²) in [4.78, 5) is 50.1. The zero-order valence-corrected chi connectivity index (χ0v) is 41.5. The minimum absolute atomic E-state index is 0.0785. The summed E-state index contributed by atoms with van der Waals surface area (Å²) in [7, 11) is 2.87. The van der Waals surface area contributed by atoms with Crippen molar-refractivity contribution in [1.82, 2.24) is 0 Å². The van der Waals surface area contributed by atoms with Gasteiger partial charge in [0.05, 0.1) is 43.7 Å². The third kappa shape index (κ3) is 15.8. The first kappa shape index (κ1) is 56.3. The van der Waals surface area contributed by atoms with Gasteiger partial charge in [-0.15, -0.1) is 0 Å². The van der Waals surface area contributed by atoms with Crippen molar-refractivity contribution in [2.45, 2.75) is 182 Å². The molecule has 0 spiro atoms. The molecule has 0 radical (unpaired) electrons. The molecule has 0 aromatic heterocycles. The van der Waals surface area contributed by atoms with Crippen LogP contribution in [0.25, 0.3) is 0 Å². The molecule has 0 aromatic carbocycles. The second-order valence-corrected chi connectivity index (χ2v) is 18.5. The zero-order valence-electron chi connectivity index (χ0n) is 41.5. The number of carbonyl (C=O) groups excluding carboxylic acids is 4. The Morgan fingerprint density at radius 1 is 0.955 bits per heavy atom. The molecule has 0 saturated carbocycles. The summed E-state index contributed by atoms with van der Waals surface area (Å²) >= 11 is 0. The van der Waals surface area contributed by atoms with Crippen LogP contribution in [0.2, 0.25) is 0 Å². The minimum Gasteiger partial charge on any atom is -0.490 e. The lowest BCUT2D eigenvalue weighted by Crippen LogP contribution is -2.55. The van der Waals surface area contributed by atoms with Crippen LogP contribution in [0.15, 0.2) is 59.4 Å². The fourth-order valence-electron chi connectivity index (χ4n) is 9.62. The topological polar surface area (TPSA) is 218 Å². The molecule has 18 atom stereocenters. The van der Waals surface area contributed by atoms with Crippen molar-refractivity contribution in [2.75, 3.05) is 14.2 Å². The fraction of sp³-hybridized carbons (Fsp3) is 0.720. The summed E-state index contributed by atoms with van der Waals surface area (Å²) < 4.78 is 53.9. The van der Waals surface area contributed by atoms with Crippen LogP contribution in [0.5, 0.6) is 0 Å². The molecule has 3 aliphatic heterocycles. The minimum atomic E-state index is -1.11. The van der Waals surface area contributed by atoms with Crippen molar-refractivity contribution in [1.29, 1.82) is 0 Å². The van der Waals surface area contributed by atoms with Crippen LogP contribution in [0.1, 0.15) is 109 Å². The number of carbonyl (C=O) groups is 4. The van der Waals surface area contributed by atoms with Gasteiger partial charge in [-0.3, -0.25) is 9.59 Å². The van der Waals surface area contributed by atoms with E-state index in [1.54, 1.807) is 32.9 Å². The predicted molar refractivity (Wildman–Crippen MR) is 246 cm³/mol. The van der Waals surface area contributed by atoms with E-state index in [-0.39, 0.29) is 35.9 Å². The van der Waals surface area contributed by atoms with E-state index in [0.717, 1.165) is 5.57 Å². The lowest BCUT2D eigenvalue weighted by Gasteiger charge is -2.46. The van der Waals surface area contributed by atoms with E-state index in [0.29, 0.717) is 24.8 Å². The number of rotatable bonds is 13. The molecule has 0 unspecified atom stereocenters. The van der Waals surface area contributed by atoms with Gasteiger partial charge < -0.3 is 58.6 Å². The number of aliphatic hydroxyl groups excluding tert-OH is 2. The molecule has 3 aliphatic rings. The summed E-state index contributed by atoms with van der Waals surface area (Å²) in [5.74, 6) is -4.18. The lowest BCUT2D eigenvalue weighted by molar-refractivity contribution is -0.281. The molecular formula is C50H79NO15. The molecule has 1 amide bonds. The highest BCUT2D eigenvalue weighted by atomic mass is 16.7. The van der Waals surface area contributed by atoms with E-state index in [9.17, 15) is 29.4 Å². The molecule has 4 N–H and O–H groups in total. The standard InChI is InChI=1S/C50H79NO15/c1-15-18-37-30(7)39(64-43-25-41(61-34(11)52)48(33(10)60-43)66-50(51)57)24-40(63-37)31(8)45(55)32(9)47-38(58-13)20-17-19-26(3)21-29(6)46(62-35(12)53)36(16-2)44(54)28(5)22-27(4)23-42(59-14)49(56)65-47/h15,17-20,22-23,28-33,36-41,43-48,54-55H,16,21,24-25H2,1-14H3,(H2,51,57)/b18-15+,20-17+,26-19+,27-22+,42-23-/t28-,29-,30-,31-,32+,33-,36-,37-,38+,39-,40-,41-,43+,44-,45+,46-,47-,48-/m1/s1. The van der Waals surface area contributed by atoms with E-state index in [4.69, 9.17) is 48.4 Å². The largest absolute Gasteiger partial charge is 0.490 e. The third-order valence-corrected chi connectivity index (χ3v) is 13.2. The Labute approximate surface area is 392 Å². The summed E-state index contributed by atoms with van der Waals surface area (Å²) in [5.41, 5.74) is 6.92. The Hall–Kier alpha value is -4.06. The monoisotopic (exact) mass is 934 g/mol. The van der Waals surface area contributed by atoms with Gasteiger partial charge in [0, 0.05) is 63.4 Å². The second kappa shape index (κ2) is 26.5. The molecule has 2 fully saturated rings. The lowest BCUT2D eigenvalue weighted by atomic mass is 9.79. The van der Waals surface area contributed by atoms with E-state index in [1.807, 2.05) is 78.8 Å². The number of nitrogens with two attached hydrogens (primary N) is 1. The maximum Gasteiger partial charge on any atom is 0.404 e. The highest BCUT2D eigenvalue weighted by Crippen LogP contribution is 2.38. The summed E-state index contributed by atoms with van der Waals surface area (Å²) in [6.45, 7) is 21.5. The Morgan fingerprint density at radius 3 is 2.20 bits per heavy atom. The number of ether oxygens (including phenoxy) is 9. The summed E-state index contributed by atoms with van der Waals surface area (Å²) in [6, 6.07) is 0. The van der Waals surface area contributed by atoms with Gasteiger partial charge in [0.2, 0.25) is 5.76 Å². The first-order chi connectivity index (χ1) is 31.1. The molecule has 0 aromatic rings. The maximum atomic E-state index is 14.1. The van der Waals surface area contributed by atoms with E-state index < -0.39 is 109 Å². The molecule has 66 heavy (non-hydrogen) atoms. The Kier molecular flexibility index (Phi) is 22.6. The van der Waals surface area contributed by atoms with Gasteiger partial charge in [-0.1, -0.05) is 89.1 Å². The van der Waals surface area contributed by atoms with Gasteiger partial charge in [0.25, 0.3) is 0 Å². The quantitative estimate of drug-likeness (QED) is 0.0982. The third-order valence-electron chi connectivity index (χ3n) is 13.2. The SMILES string of the molecule is C/C=C/[C@H]1O[C@@H]([C@@H](C)[C@H](O)[C@H](C)[C@H]2OC(=O)/C(OC)=C/C(C)=C/[C@@H](C)[C@@H](O)[C@@H](CC)[C@H](OC(C)=O)[C@H](C)C/C(C)=C/C=C/[C@@H]2OC)C[C@@H](O[C@H]2C[C@@H](OC(C)=O)[C@H](OC(N)=O)[C@@H](C)O2)[C@@H]1C. The van der Waals surface area contributed by atoms with Crippen LogP contribution < -0.4 is 5.73 Å². The first-order valence-corrected chi connectivity index (χ1v) is 23.3. The summed E-state index contributed by atoms with van der Waals surface area (Å²) in [6.07, 6.45) is 4.10. The van der Waals surface area contributed by atoms with Gasteiger partial charge in [0.1, 0.15) is 24.4 Å².